The average molecular weight is 285 g/mol. The summed E-state index contributed by atoms with van der Waals surface area (Å²) in [7, 11) is 0. The van der Waals surface area contributed by atoms with Crippen LogP contribution in [0.25, 0.3) is 0 Å². The Morgan fingerprint density at radius 3 is 2.50 bits per heavy atom. The minimum Gasteiger partial charge on any atom is -0.390 e. The fourth-order valence-electron chi connectivity index (χ4n) is 2.55. The van der Waals surface area contributed by atoms with Gasteiger partial charge in [0, 0.05) is 13.1 Å². The third-order valence-electron chi connectivity index (χ3n) is 4.14. The molecule has 0 aromatic carbocycles. The summed E-state index contributed by atoms with van der Waals surface area (Å²) in [5, 5.41) is 12.8. The molecule has 0 aromatic rings. The third-order valence-corrected chi connectivity index (χ3v) is 4.14. The van der Waals surface area contributed by atoms with Crippen LogP contribution in [0.3, 0.4) is 0 Å². The van der Waals surface area contributed by atoms with E-state index in [1.807, 2.05) is 13.8 Å². The molecular formula is C15H31N3O2. The van der Waals surface area contributed by atoms with Gasteiger partial charge in [0.2, 0.25) is 5.91 Å². The van der Waals surface area contributed by atoms with Crippen molar-refractivity contribution < 1.29 is 9.90 Å². The highest BCUT2D eigenvalue weighted by atomic mass is 16.3. The Morgan fingerprint density at radius 2 is 1.95 bits per heavy atom. The fourth-order valence-corrected chi connectivity index (χ4v) is 2.55. The SMILES string of the molecule is CCN(CC)CC(=O)NC[C@@H](O)CN1CCC(C)CC1. The van der Waals surface area contributed by atoms with Crippen LogP contribution < -0.4 is 5.32 Å². The molecule has 1 atom stereocenters. The lowest BCUT2D eigenvalue weighted by molar-refractivity contribution is -0.122. The second-order valence-corrected chi connectivity index (χ2v) is 5.90. The van der Waals surface area contributed by atoms with E-state index in [0.717, 1.165) is 32.1 Å². The smallest absolute Gasteiger partial charge is 0.234 e. The maximum Gasteiger partial charge on any atom is 0.234 e. The molecule has 0 bridgehead atoms. The topological polar surface area (TPSA) is 55.8 Å². The van der Waals surface area contributed by atoms with Gasteiger partial charge in [-0.15, -0.1) is 0 Å². The molecule has 0 aliphatic carbocycles. The van der Waals surface area contributed by atoms with Crippen LogP contribution in [0.5, 0.6) is 0 Å². The molecule has 5 heteroatoms. The summed E-state index contributed by atoms with van der Waals surface area (Å²) in [5.74, 6) is 0.803. The molecule has 1 rings (SSSR count). The zero-order valence-electron chi connectivity index (χ0n) is 13.3. The largest absolute Gasteiger partial charge is 0.390 e. The highest BCUT2D eigenvalue weighted by molar-refractivity contribution is 5.78. The Balaban J connectivity index is 2.16. The molecular weight excluding hydrogens is 254 g/mol. The first-order valence-electron chi connectivity index (χ1n) is 7.94. The number of aliphatic hydroxyl groups is 1. The van der Waals surface area contributed by atoms with E-state index >= 15 is 0 Å². The van der Waals surface area contributed by atoms with Crippen molar-refractivity contribution in [1.82, 2.24) is 15.1 Å². The van der Waals surface area contributed by atoms with Gasteiger partial charge in [-0.05, 0) is 44.9 Å². The number of hydrogen-bond acceptors (Lipinski definition) is 4. The normalized spacial score (nSPS) is 19.2. The Kier molecular flexibility index (Phi) is 8.11. The first kappa shape index (κ1) is 17.4. The van der Waals surface area contributed by atoms with Crippen LogP contribution in [0.2, 0.25) is 0 Å². The van der Waals surface area contributed by atoms with E-state index in [-0.39, 0.29) is 5.91 Å². The molecule has 0 saturated carbocycles. The lowest BCUT2D eigenvalue weighted by atomic mass is 9.99. The van der Waals surface area contributed by atoms with Gasteiger partial charge in [0.1, 0.15) is 0 Å². The molecule has 0 aromatic heterocycles. The van der Waals surface area contributed by atoms with E-state index in [1.54, 1.807) is 0 Å². The number of amides is 1. The van der Waals surface area contributed by atoms with Gasteiger partial charge in [0.15, 0.2) is 0 Å². The minimum atomic E-state index is -0.468. The Bertz CT molecular complexity index is 274. The van der Waals surface area contributed by atoms with Crippen LogP contribution >= 0.6 is 0 Å². The summed E-state index contributed by atoms with van der Waals surface area (Å²) in [6, 6.07) is 0. The highest BCUT2D eigenvalue weighted by Gasteiger charge is 2.18. The molecule has 0 unspecified atom stereocenters. The second kappa shape index (κ2) is 9.32. The molecule has 5 nitrogen and oxygen atoms in total. The quantitative estimate of drug-likeness (QED) is 0.683. The van der Waals surface area contributed by atoms with Crippen LogP contribution in [0.4, 0.5) is 0 Å². The summed E-state index contributed by atoms with van der Waals surface area (Å²) in [6.07, 6.45) is 1.95. The summed E-state index contributed by atoms with van der Waals surface area (Å²) < 4.78 is 0. The number of nitrogens with one attached hydrogen (secondary N) is 1. The lowest BCUT2D eigenvalue weighted by Gasteiger charge is -2.31. The van der Waals surface area contributed by atoms with Crippen molar-refractivity contribution in [1.29, 1.82) is 0 Å². The van der Waals surface area contributed by atoms with Gasteiger partial charge >= 0.3 is 0 Å². The van der Waals surface area contributed by atoms with E-state index in [9.17, 15) is 9.90 Å². The van der Waals surface area contributed by atoms with E-state index in [0.29, 0.717) is 19.6 Å². The molecule has 1 fully saturated rings. The summed E-state index contributed by atoms with van der Waals surface area (Å²) >= 11 is 0. The van der Waals surface area contributed by atoms with E-state index < -0.39 is 6.10 Å². The van der Waals surface area contributed by atoms with Crippen molar-refractivity contribution in [3.63, 3.8) is 0 Å². The molecule has 20 heavy (non-hydrogen) atoms. The predicted octanol–water partition coefficient (Wildman–Crippen LogP) is 0.537. The number of likely N-dealkylation sites (tertiary alicyclic amines) is 1. The van der Waals surface area contributed by atoms with E-state index in [4.69, 9.17) is 0 Å². The fraction of sp³-hybridized carbons (Fsp3) is 0.933. The van der Waals surface area contributed by atoms with E-state index in [1.165, 1.54) is 12.8 Å². The number of piperidine rings is 1. The van der Waals surface area contributed by atoms with Crippen molar-refractivity contribution in [2.45, 2.75) is 39.7 Å². The van der Waals surface area contributed by atoms with Gasteiger partial charge in [0.25, 0.3) is 0 Å². The number of β-amino-alcohol motifs (C(OH)–C–C–N with tert-alkyl or cyclic N) is 1. The summed E-state index contributed by atoms with van der Waals surface area (Å²) in [6.45, 7) is 11.7. The van der Waals surface area contributed by atoms with Gasteiger partial charge in [-0.3, -0.25) is 9.69 Å². The maximum absolute atomic E-state index is 11.7. The van der Waals surface area contributed by atoms with Crippen molar-refractivity contribution in [2.75, 3.05) is 45.8 Å². The lowest BCUT2D eigenvalue weighted by Crippen LogP contribution is -2.45. The monoisotopic (exact) mass is 285 g/mol. The Hall–Kier alpha value is -0.650. The van der Waals surface area contributed by atoms with Gasteiger partial charge in [-0.2, -0.15) is 0 Å². The molecule has 1 aliphatic heterocycles. The van der Waals surface area contributed by atoms with Crippen molar-refractivity contribution in [3.8, 4) is 0 Å². The van der Waals surface area contributed by atoms with Crippen molar-refractivity contribution >= 4 is 5.91 Å². The number of nitrogens with zero attached hydrogens (tertiary/aromatic N) is 2. The summed E-state index contributed by atoms with van der Waals surface area (Å²) in [4.78, 5) is 16.1. The molecule has 118 valence electrons. The predicted molar refractivity (Wildman–Crippen MR) is 81.6 cm³/mol. The molecule has 1 saturated heterocycles. The van der Waals surface area contributed by atoms with Crippen LogP contribution in [0, 0.1) is 5.92 Å². The zero-order valence-corrected chi connectivity index (χ0v) is 13.3. The number of rotatable bonds is 8. The van der Waals surface area contributed by atoms with Gasteiger partial charge in [0.05, 0.1) is 12.6 Å². The van der Waals surface area contributed by atoms with Gasteiger partial charge in [-0.25, -0.2) is 0 Å². The van der Waals surface area contributed by atoms with Gasteiger partial charge in [-0.1, -0.05) is 20.8 Å². The first-order valence-corrected chi connectivity index (χ1v) is 7.94. The minimum absolute atomic E-state index is 0.0000152. The molecule has 1 amide bonds. The first-order chi connectivity index (χ1) is 9.55. The molecule has 1 heterocycles. The van der Waals surface area contributed by atoms with Crippen molar-refractivity contribution in [2.24, 2.45) is 5.92 Å². The standard InChI is InChI=1S/C15H31N3O2/c1-4-17(5-2)12-15(20)16-10-14(19)11-18-8-6-13(3)7-9-18/h13-14,19H,4-12H2,1-3H3,(H,16,20)/t14-/m1/s1. The zero-order chi connectivity index (χ0) is 15.0. The van der Waals surface area contributed by atoms with Crippen molar-refractivity contribution in [3.05, 3.63) is 0 Å². The number of likely N-dealkylation sites (N-methyl/N-ethyl adjacent to an activating group) is 1. The van der Waals surface area contributed by atoms with Crippen LogP contribution in [0.1, 0.15) is 33.6 Å². The Labute approximate surface area is 123 Å². The molecule has 2 N–H and O–H groups in total. The molecule has 0 radical (unpaired) electrons. The second-order valence-electron chi connectivity index (χ2n) is 5.90. The van der Waals surface area contributed by atoms with Crippen LogP contribution in [-0.4, -0.2) is 72.7 Å². The van der Waals surface area contributed by atoms with Crippen LogP contribution in [0.15, 0.2) is 0 Å². The number of carbonyl (C=O) groups is 1. The number of hydrogen-bond donors (Lipinski definition) is 2. The number of aliphatic hydroxyl groups excluding tert-OH is 1. The third kappa shape index (κ3) is 6.68. The average Bonchev–Trinajstić information content (AvgIpc) is 2.45. The number of carbonyl (C=O) groups excluding carboxylic acids is 1. The van der Waals surface area contributed by atoms with Crippen LogP contribution in [-0.2, 0) is 4.79 Å². The van der Waals surface area contributed by atoms with E-state index in [2.05, 4.69) is 22.0 Å². The molecule has 0 spiro atoms. The van der Waals surface area contributed by atoms with Gasteiger partial charge < -0.3 is 15.3 Å². The Morgan fingerprint density at radius 1 is 1.35 bits per heavy atom. The summed E-state index contributed by atoms with van der Waals surface area (Å²) in [5.41, 5.74) is 0. The molecule has 1 aliphatic rings. The maximum atomic E-state index is 11.7. The highest BCUT2D eigenvalue weighted by Crippen LogP contribution is 2.15.